The minimum atomic E-state index is -0.212. The molecule has 6 nitrogen and oxygen atoms in total. The number of fused-ring (bicyclic) bond motifs is 1. The first-order valence-electron chi connectivity index (χ1n) is 9.95. The maximum atomic E-state index is 12.6. The van der Waals surface area contributed by atoms with Crippen LogP contribution in [0.2, 0.25) is 0 Å². The summed E-state index contributed by atoms with van der Waals surface area (Å²) < 4.78 is 1.06. The molecule has 0 aliphatic heterocycles. The zero-order valence-electron chi connectivity index (χ0n) is 17.7. The van der Waals surface area contributed by atoms with Crippen molar-refractivity contribution in [3.8, 4) is 0 Å². The van der Waals surface area contributed by atoms with Gasteiger partial charge in [0.05, 0.1) is 38.9 Å². The molecule has 32 heavy (non-hydrogen) atoms. The average molecular weight is 462 g/mol. The number of anilines is 2. The first-order valence-corrected chi connectivity index (χ1v) is 11.3. The molecular weight excluding hydrogens is 438 g/mol. The zero-order valence-corrected chi connectivity index (χ0v) is 19.4. The molecule has 0 radical (unpaired) electrons. The van der Waals surface area contributed by atoms with Crippen LogP contribution in [0.5, 0.6) is 0 Å². The number of thiol groups is 1. The number of para-hydroxylation sites is 2. The minimum Gasteiger partial charge on any atom is -0.397 e. The van der Waals surface area contributed by atoms with E-state index in [-0.39, 0.29) is 11.2 Å². The van der Waals surface area contributed by atoms with Crippen LogP contribution >= 0.6 is 24.0 Å². The highest BCUT2D eigenvalue weighted by Crippen LogP contribution is 2.35. The summed E-state index contributed by atoms with van der Waals surface area (Å²) in [5, 5.41) is 3.54. The molecule has 0 aliphatic carbocycles. The van der Waals surface area contributed by atoms with Crippen molar-refractivity contribution >= 4 is 63.5 Å². The minimum absolute atomic E-state index is 0.192. The third kappa shape index (κ3) is 4.92. The number of nitrogens with two attached hydrogens (primary N) is 1. The molecule has 0 spiro atoms. The van der Waals surface area contributed by atoms with Crippen LogP contribution in [-0.4, -0.2) is 36.2 Å². The van der Waals surface area contributed by atoms with E-state index in [0.29, 0.717) is 16.9 Å². The van der Waals surface area contributed by atoms with Gasteiger partial charge in [0.2, 0.25) is 0 Å². The van der Waals surface area contributed by atoms with Crippen LogP contribution in [-0.2, 0) is 0 Å². The molecule has 3 N–H and O–H groups in total. The normalized spacial score (nSPS) is 12.2. The van der Waals surface area contributed by atoms with Crippen molar-refractivity contribution in [1.29, 1.82) is 0 Å². The number of nitrogens with one attached hydrogen (secondary N) is 1. The lowest BCUT2D eigenvalue weighted by Gasteiger charge is -2.10. The summed E-state index contributed by atoms with van der Waals surface area (Å²) in [6, 6.07) is 20.5. The summed E-state index contributed by atoms with van der Waals surface area (Å²) in [6.07, 6.45) is 1.77. The van der Waals surface area contributed by atoms with Crippen LogP contribution in [0.15, 0.2) is 71.7 Å². The Balaban J connectivity index is 1.50. The number of nitrogen functional groups attached to an aromatic ring is 1. The Bertz CT molecular complexity index is 1280. The second-order valence-corrected chi connectivity index (χ2v) is 9.06. The van der Waals surface area contributed by atoms with Crippen molar-refractivity contribution in [2.45, 2.75) is 5.25 Å². The molecular formula is C24H23N5OS2. The van der Waals surface area contributed by atoms with Gasteiger partial charge in [-0.15, -0.1) is 11.3 Å². The molecule has 1 heterocycles. The molecule has 1 unspecified atom stereocenters. The van der Waals surface area contributed by atoms with Crippen molar-refractivity contribution in [1.82, 2.24) is 9.88 Å². The number of rotatable bonds is 6. The van der Waals surface area contributed by atoms with Gasteiger partial charge in [-0.3, -0.25) is 4.79 Å². The molecule has 8 heteroatoms. The lowest BCUT2D eigenvalue weighted by atomic mass is 10.1. The SMILES string of the molecule is CN(C)C=Nc1ccc2nc(C(S)c3ccc(C(=O)Nc4ccccc4N)cc3)sc2c1. The van der Waals surface area contributed by atoms with E-state index < -0.39 is 0 Å². The molecule has 4 rings (SSSR count). The summed E-state index contributed by atoms with van der Waals surface area (Å²) in [5.41, 5.74) is 10.3. The maximum Gasteiger partial charge on any atom is 0.255 e. The molecule has 0 aliphatic rings. The molecule has 162 valence electrons. The van der Waals surface area contributed by atoms with Crippen molar-refractivity contribution in [3.63, 3.8) is 0 Å². The molecule has 4 aromatic rings. The van der Waals surface area contributed by atoms with Crippen molar-refractivity contribution < 1.29 is 4.79 Å². The zero-order chi connectivity index (χ0) is 22.7. The number of thiazole rings is 1. The largest absolute Gasteiger partial charge is 0.397 e. The van der Waals surface area contributed by atoms with Gasteiger partial charge in [-0.05, 0) is 48.0 Å². The van der Waals surface area contributed by atoms with Gasteiger partial charge in [-0.1, -0.05) is 24.3 Å². The van der Waals surface area contributed by atoms with Crippen LogP contribution in [0, 0.1) is 0 Å². The van der Waals surface area contributed by atoms with E-state index in [0.717, 1.165) is 26.5 Å². The lowest BCUT2D eigenvalue weighted by Crippen LogP contribution is -2.13. The van der Waals surface area contributed by atoms with Gasteiger partial charge in [-0.25, -0.2) is 9.98 Å². The molecule has 1 amide bonds. The predicted molar refractivity (Wildman–Crippen MR) is 138 cm³/mol. The molecule has 1 atom stereocenters. The van der Waals surface area contributed by atoms with Gasteiger partial charge >= 0.3 is 0 Å². The Kier molecular flexibility index (Phi) is 6.43. The summed E-state index contributed by atoms with van der Waals surface area (Å²) in [7, 11) is 3.87. The van der Waals surface area contributed by atoms with Gasteiger partial charge in [-0.2, -0.15) is 12.6 Å². The van der Waals surface area contributed by atoms with Gasteiger partial charge in [0.1, 0.15) is 5.01 Å². The van der Waals surface area contributed by atoms with Gasteiger partial charge < -0.3 is 16.0 Å². The Hall–Kier alpha value is -3.36. The molecule has 0 saturated heterocycles. The van der Waals surface area contributed by atoms with E-state index in [2.05, 4.69) is 10.3 Å². The molecule has 0 fully saturated rings. The number of amides is 1. The van der Waals surface area contributed by atoms with E-state index in [9.17, 15) is 4.79 Å². The van der Waals surface area contributed by atoms with Crippen LogP contribution < -0.4 is 11.1 Å². The Labute approximate surface area is 196 Å². The fraction of sp³-hybridized carbons (Fsp3) is 0.125. The fourth-order valence-electron chi connectivity index (χ4n) is 3.08. The molecule has 3 aromatic carbocycles. The number of hydrogen-bond acceptors (Lipinski definition) is 6. The first-order chi connectivity index (χ1) is 15.4. The van der Waals surface area contributed by atoms with E-state index in [1.54, 1.807) is 41.9 Å². The number of benzene rings is 3. The number of hydrogen-bond donors (Lipinski definition) is 3. The third-order valence-corrected chi connectivity index (χ3v) is 6.56. The molecule has 0 saturated carbocycles. The standard InChI is InChI=1S/C24H23N5OS2/c1-29(2)14-26-17-11-12-20-21(13-17)32-24(28-20)22(31)15-7-9-16(10-8-15)23(30)27-19-6-4-3-5-18(19)25/h3-14,22,31H,25H2,1-2H3,(H,27,30). The fourth-order valence-corrected chi connectivity index (χ4v) is 4.48. The smallest absolute Gasteiger partial charge is 0.255 e. The monoisotopic (exact) mass is 461 g/mol. The summed E-state index contributed by atoms with van der Waals surface area (Å²) in [5.74, 6) is -0.212. The van der Waals surface area contributed by atoms with Crippen LogP contribution in [0.25, 0.3) is 10.2 Å². The van der Waals surface area contributed by atoms with Crippen molar-refractivity contribution in [3.05, 3.63) is 82.9 Å². The van der Waals surface area contributed by atoms with E-state index in [1.807, 2.05) is 61.5 Å². The lowest BCUT2D eigenvalue weighted by molar-refractivity contribution is 0.102. The summed E-state index contributed by atoms with van der Waals surface area (Å²) >= 11 is 6.38. The Morgan fingerprint density at radius 1 is 1.16 bits per heavy atom. The van der Waals surface area contributed by atoms with Crippen molar-refractivity contribution in [2.75, 3.05) is 25.1 Å². The van der Waals surface area contributed by atoms with Crippen LogP contribution in [0.3, 0.4) is 0 Å². The van der Waals surface area contributed by atoms with Gasteiger partial charge in [0.15, 0.2) is 0 Å². The summed E-state index contributed by atoms with van der Waals surface area (Å²) in [6.45, 7) is 0. The highest BCUT2D eigenvalue weighted by Gasteiger charge is 2.16. The molecule has 1 aromatic heterocycles. The van der Waals surface area contributed by atoms with Crippen molar-refractivity contribution in [2.24, 2.45) is 4.99 Å². The Morgan fingerprint density at radius 2 is 1.91 bits per heavy atom. The van der Waals surface area contributed by atoms with E-state index in [4.69, 9.17) is 23.3 Å². The van der Waals surface area contributed by atoms with E-state index in [1.165, 1.54) is 0 Å². The Morgan fingerprint density at radius 3 is 2.62 bits per heavy atom. The van der Waals surface area contributed by atoms with Gasteiger partial charge in [0, 0.05) is 19.7 Å². The van der Waals surface area contributed by atoms with Gasteiger partial charge in [0.25, 0.3) is 5.91 Å². The third-order valence-electron chi connectivity index (χ3n) is 4.76. The predicted octanol–water partition coefficient (Wildman–Crippen LogP) is 5.37. The highest BCUT2D eigenvalue weighted by molar-refractivity contribution is 7.81. The number of aromatic nitrogens is 1. The van der Waals surface area contributed by atoms with Crippen LogP contribution in [0.4, 0.5) is 17.1 Å². The second-order valence-electron chi connectivity index (χ2n) is 7.48. The average Bonchev–Trinajstić information content (AvgIpc) is 3.22. The second kappa shape index (κ2) is 9.42. The quantitative estimate of drug-likeness (QED) is 0.156. The highest BCUT2D eigenvalue weighted by atomic mass is 32.1. The number of aliphatic imine (C=N–C) groups is 1. The van der Waals surface area contributed by atoms with Crippen LogP contribution in [0.1, 0.15) is 26.2 Å². The number of carbonyl (C=O) groups excluding carboxylic acids is 1. The first kappa shape index (κ1) is 21.9. The topological polar surface area (TPSA) is 83.6 Å². The number of carbonyl (C=O) groups is 1. The van der Waals surface area contributed by atoms with E-state index >= 15 is 0 Å². The number of nitrogens with zero attached hydrogens (tertiary/aromatic N) is 3. The maximum absolute atomic E-state index is 12.6. The summed E-state index contributed by atoms with van der Waals surface area (Å²) in [4.78, 5) is 23.6. The molecule has 0 bridgehead atoms.